The van der Waals surface area contributed by atoms with Crippen molar-refractivity contribution in [3.8, 4) is 0 Å². The number of amides is 3. The molecule has 3 aromatic rings. The molecule has 0 unspecified atom stereocenters. The van der Waals surface area contributed by atoms with Crippen LogP contribution in [0, 0.1) is 6.92 Å². The van der Waals surface area contributed by atoms with Crippen LogP contribution in [0.1, 0.15) is 24.0 Å². The summed E-state index contributed by atoms with van der Waals surface area (Å²) in [4.78, 5) is 37.6. The third kappa shape index (κ3) is 3.68. The second-order valence-corrected chi connectivity index (χ2v) is 8.79. The van der Waals surface area contributed by atoms with Gasteiger partial charge in [0.25, 0.3) is 5.91 Å². The van der Waals surface area contributed by atoms with Crippen LogP contribution in [0.25, 0.3) is 11.7 Å². The Morgan fingerprint density at radius 3 is 2.56 bits per heavy atom. The summed E-state index contributed by atoms with van der Waals surface area (Å²) in [6, 6.07) is 5.87. The van der Waals surface area contributed by atoms with Gasteiger partial charge in [-0.25, -0.2) is 14.8 Å². The van der Waals surface area contributed by atoms with Gasteiger partial charge in [0.1, 0.15) is 23.2 Å². The predicted molar refractivity (Wildman–Crippen MR) is 128 cm³/mol. The van der Waals surface area contributed by atoms with E-state index in [1.54, 1.807) is 16.8 Å². The van der Waals surface area contributed by atoms with Crippen molar-refractivity contribution in [3.63, 3.8) is 0 Å². The number of piperazine rings is 1. The van der Waals surface area contributed by atoms with Crippen LogP contribution in [0.3, 0.4) is 0 Å². The molecule has 3 N–H and O–H groups in total. The fraction of sp³-hybridized carbons (Fsp3) is 0.348. The largest absolute Gasteiger partial charge is 0.367 e. The van der Waals surface area contributed by atoms with E-state index in [9.17, 15) is 9.59 Å². The minimum absolute atomic E-state index is 0.185. The van der Waals surface area contributed by atoms with Crippen LogP contribution >= 0.6 is 0 Å². The number of imide groups is 1. The lowest BCUT2D eigenvalue weighted by Gasteiger charge is -2.37. The summed E-state index contributed by atoms with van der Waals surface area (Å²) in [6.07, 6.45) is 7.37. The Labute approximate surface area is 195 Å². The first-order chi connectivity index (χ1) is 16.6. The highest BCUT2D eigenvalue weighted by atomic mass is 16.2. The summed E-state index contributed by atoms with van der Waals surface area (Å²) in [7, 11) is 0. The van der Waals surface area contributed by atoms with Gasteiger partial charge in [0.05, 0.1) is 6.20 Å². The molecule has 11 nitrogen and oxygen atoms in total. The lowest BCUT2D eigenvalue weighted by Crippen LogP contribution is -2.47. The van der Waals surface area contributed by atoms with Crippen molar-refractivity contribution in [2.75, 3.05) is 41.3 Å². The monoisotopic (exact) mass is 459 g/mol. The summed E-state index contributed by atoms with van der Waals surface area (Å²) in [5.41, 5.74) is 2.53. The fourth-order valence-corrected chi connectivity index (χ4v) is 4.41. The van der Waals surface area contributed by atoms with Gasteiger partial charge in [0.2, 0.25) is 0 Å². The molecule has 3 aromatic heterocycles. The van der Waals surface area contributed by atoms with Gasteiger partial charge in [-0.1, -0.05) is 6.07 Å². The molecule has 2 saturated heterocycles. The quantitative estimate of drug-likeness (QED) is 0.388. The molecule has 3 aliphatic rings. The van der Waals surface area contributed by atoms with Crippen molar-refractivity contribution < 1.29 is 9.59 Å². The van der Waals surface area contributed by atoms with Crippen molar-refractivity contribution in [2.45, 2.75) is 25.8 Å². The van der Waals surface area contributed by atoms with Crippen molar-refractivity contribution in [2.24, 2.45) is 0 Å². The minimum atomic E-state index is -0.529. The molecular weight excluding hydrogens is 434 g/mol. The number of carbonyl (C=O) groups is 2. The van der Waals surface area contributed by atoms with Crippen molar-refractivity contribution in [1.29, 1.82) is 0 Å². The third-order valence-corrected chi connectivity index (χ3v) is 6.38. The number of pyridine rings is 1. The zero-order valence-electron chi connectivity index (χ0n) is 18.8. The predicted octanol–water partition coefficient (Wildman–Crippen LogP) is 1.51. The average molecular weight is 460 g/mol. The maximum atomic E-state index is 12.0. The van der Waals surface area contributed by atoms with Gasteiger partial charge >= 0.3 is 6.03 Å². The van der Waals surface area contributed by atoms with Crippen LogP contribution in [-0.4, -0.2) is 63.7 Å². The molecule has 0 aromatic carbocycles. The molecule has 34 heavy (non-hydrogen) atoms. The van der Waals surface area contributed by atoms with Crippen molar-refractivity contribution in [3.05, 3.63) is 47.4 Å². The van der Waals surface area contributed by atoms with E-state index >= 15 is 0 Å². The van der Waals surface area contributed by atoms with Crippen LogP contribution in [0.2, 0.25) is 0 Å². The molecule has 11 heteroatoms. The molecule has 5 heterocycles. The number of nitrogens with one attached hydrogen (secondary N) is 3. The first-order valence-corrected chi connectivity index (χ1v) is 11.5. The summed E-state index contributed by atoms with van der Waals surface area (Å²) < 4.78 is 1.79. The number of hydrogen-bond acceptors (Lipinski definition) is 8. The number of nitrogens with zero attached hydrogens (tertiary/aromatic N) is 6. The van der Waals surface area contributed by atoms with Gasteiger partial charge in [0.15, 0.2) is 5.65 Å². The zero-order chi connectivity index (χ0) is 23.2. The van der Waals surface area contributed by atoms with E-state index in [0.29, 0.717) is 17.3 Å². The van der Waals surface area contributed by atoms with Crippen LogP contribution in [0.15, 0.2) is 36.3 Å². The van der Waals surface area contributed by atoms with Gasteiger partial charge in [-0.05, 0) is 38.0 Å². The topological polar surface area (TPSA) is 120 Å². The van der Waals surface area contributed by atoms with Crippen LogP contribution in [0.5, 0.6) is 0 Å². The molecule has 3 fully saturated rings. The molecule has 0 bridgehead atoms. The smallest absolute Gasteiger partial charge is 0.326 e. The third-order valence-electron chi connectivity index (χ3n) is 6.38. The summed E-state index contributed by atoms with van der Waals surface area (Å²) >= 11 is 0. The molecule has 6 rings (SSSR count). The Morgan fingerprint density at radius 2 is 1.88 bits per heavy atom. The Bertz CT molecular complexity index is 1300. The van der Waals surface area contributed by atoms with Gasteiger partial charge in [0, 0.05) is 49.5 Å². The highest BCUT2D eigenvalue weighted by molar-refractivity contribution is 6.14. The number of anilines is 3. The lowest BCUT2D eigenvalue weighted by atomic mass is 10.2. The Kier molecular flexibility index (Phi) is 4.82. The van der Waals surface area contributed by atoms with E-state index in [1.165, 1.54) is 0 Å². The van der Waals surface area contributed by atoms with Gasteiger partial charge in [-0.2, -0.15) is 9.61 Å². The molecular formula is C23H25N9O2. The van der Waals surface area contributed by atoms with Crippen LogP contribution in [-0.2, 0) is 4.79 Å². The van der Waals surface area contributed by atoms with Crippen LogP contribution < -0.4 is 25.8 Å². The average Bonchev–Trinajstić information content (AvgIpc) is 3.50. The van der Waals surface area contributed by atoms with E-state index in [1.807, 2.05) is 24.4 Å². The summed E-state index contributed by atoms with van der Waals surface area (Å²) in [6.45, 7) is 5.38. The zero-order valence-corrected chi connectivity index (χ0v) is 18.8. The lowest BCUT2D eigenvalue weighted by molar-refractivity contribution is -0.115. The molecule has 0 atom stereocenters. The van der Waals surface area contributed by atoms with Crippen molar-refractivity contribution in [1.82, 2.24) is 30.2 Å². The standard InChI is InChI=1S/C23H25N9O2/c1-14-19(31-10-8-30(9-11-31)18-4-2-3-7-24-18)28-21-15(12-17-22(33)29-23(34)27-17)13-25-32(21)20(14)26-16-5-6-16/h2-4,7,12-13,16,26H,5-6,8-11H2,1H3,(H2,27,29,33,34)/b17-12-. The molecule has 174 valence electrons. The first-order valence-electron chi connectivity index (χ1n) is 11.5. The molecule has 0 radical (unpaired) electrons. The maximum absolute atomic E-state index is 12.0. The van der Waals surface area contributed by atoms with E-state index in [0.717, 1.165) is 62.0 Å². The van der Waals surface area contributed by atoms with Gasteiger partial charge in [-0.3, -0.25) is 10.1 Å². The fourth-order valence-electron chi connectivity index (χ4n) is 4.41. The Morgan fingerprint density at radius 1 is 1.09 bits per heavy atom. The number of fused-ring (bicyclic) bond motifs is 1. The molecule has 0 spiro atoms. The first kappa shape index (κ1) is 20.5. The second kappa shape index (κ2) is 8.01. The van der Waals surface area contributed by atoms with Gasteiger partial charge in [-0.15, -0.1) is 0 Å². The molecule has 1 saturated carbocycles. The van der Waals surface area contributed by atoms with Crippen molar-refractivity contribution >= 4 is 41.1 Å². The second-order valence-electron chi connectivity index (χ2n) is 8.79. The van der Waals surface area contributed by atoms with E-state index in [4.69, 9.17) is 4.98 Å². The maximum Gasteiger partial charge on any atom is 0.326 e. The molecule has 3 amide bonds. The van der Waals surface area contributed by atoms with E-state index in [-0.39, 0.29) is 5.70 Å². The number of hydrogen-bond donors (Lipinski definition) is 3. The number of aromatic nitrogens is 4. The SMILES string of the molecule is Cc1c(N2CCN(c3ccccn3)CC2)nc2c(/C=C3\NC(=O)NC3=O)cnn2c1NC1CC1. The van der Waals surface area contributed by atoms with Crippen LogP contribution in [0.4, 0.5) is 22.2 Å². The normalized spacial score (nSPS) is 19.6. The minimum Gasteiger partial charge on any atom is -0.367 e. The number of urea groups is 1. The highest BCUT2D eigenvalue weighted by Crippen LogP contribution is 2.33. The molecule has 2 aliphatic heterocycles. The summed E-state index contributed by atoms with van der Waals surface area (Å²) in [5, 5.41) is 12.9. The molecule has 1 aliphatic carbocycles. The number of carbonyl (C=O) groups excluding carboxylic acids is 2. The van der Waals surface area contributed by atoms with E-state index < -0.39 is 11.9 Å². The Balaban J connectivity index is 1.36. The highest BCUT2D eigenvalue weighted by Gasteiger charge is 2.28. The summed E-state index contributed by atoms with van der Waals surface area (Å²) in [5.74, 6) is 2.34. The Hall–Kier alpha value is -4.15. The van der Waals surface area contributed by atoms with Gasteiger partial charge < -0.3 is 20.4 Å². The van der Waals surface area contributed by atoms with E-state index in [2.05, 4.69) is 42.8 Å². The number of rotatable bonds is 5.